The number of nitrogens with zero attached hydrogens (tertiary/aromatic N) is 3. The molecule has 0 bridgehead atoms. The Balaban J connectivity index is 2.06. The van der Waals surface area contributed by atoms with E-state index in [1.165, 1.54) is 12.3 Å². The number of nitriles is 1. The van der Waals surface area contributed by atoms with E-state index in [4.69, 9.17) is 5.26 Å². The molecule has 0 aromatic carbocycles. The molecule has 1 amide bonds. The molecule has 0 saturated heterocycles. The SMILES string of the molecule is CC(NC(=O)c1ccc(C#N)cn1)c1ccccn1. The van der Waals surface area contributed by atoms with Gasteiger partial charge in [-0.2, -0.15) is 5.26 Å². The zero-order valence-electron chi connectivity index (χ0n) is 10.4. The third-order valence-electron chi connectivity index (χ3n) is 2.60. The predicted molar refractivity (Wildman–Crippen MR) is 69.1 cm³/mol. The van der Waals surface area contributed by atoms with E-state index in [9.17, 15) is 4.79 Å². The minimum absolute atomic E-state index is 0.203. The smallest absolute Gasteiger partial charge is 0.270 e. The summed E-state index contributed by atoms with van der Waals surface area (Å²) in [5, 5.41) is 11.5. The van der Waals surface area contributed by atoms with Gasteiger partial charge in [0.2, 0.25) is 0 Å². The van der Waals surface area contributed by atoms with Gasteiger partial charge in [0.1, 0.15) is 11.8 Å². The average molecular weight is 252 g/mol. The van der Waals surface area contributed by atoms with Crippen LogP contribution in [0, 0.1) is 11.3 Å². The molecule has 2 rings (SSSR count). The van der Waals surface area contributed by atoms with Crippen LogP contribution in [0.1, 0.15) is 34.7 Å². The number of nitrogens with one attached hydrogen (secondary N) is 1. The van der Waals surface area contributed by atoms with E-state index in [0.717, 1.165) is 5.69 Å². The molecular formula is C14H12N4O. The molecule has 5 heteroatoms. The molecule has 0 aliphatic heterocycles. The van der Waals surface area contributed by atoms with Crippen LogP contribution in [0.25, 0.3) is 0 Å². The first-order valence-electron chi connectivity index (χ1n) is 5.78. The topological polar surface area (TPSA) is 78.7 Å². The van der Waals surface area contributed by atoms with Crippen LogP contribution < -0.4 is 5.32 Å². The minimum Gasteiger partial charge on any atom is -0.343 e. The van der Waals surface area contributed by atoms with Crippen molar-refractivity contribution in [3.8, 4) is 6.07 Å². The quantitative estimate of drug-likeness (QED) is 0.904. The van der Waals surface area contributed by atoms with Crippen molar-refractivity contribution in [3.63, 3.8) is 0 Å². The Morgan fingerprint density at radius 2 is 2.16 bits per heavy atom. The fourth-order valence-corrected chi connectivity index (χ4v) is 1.57. The van der Waals surface area contributed by atoms with Crippen LogP contribution in [0.3, 0.4) is 0 Å². The van der Waals surface area contributed by atoms with Crippen molar-refractivity contribution in [2.45, 2.75) is 13.0 Å². The molecule has 2 aromatic rings. The number of amides is 1. The fraction of sp³-hybridized carbons (Fsp3) is 0.143. The molecule has 0 radical (unpaired) electrons. The van der Waals surface area contributed by atoms with E-state index in [2.05, 4.69) is 15.3 Å². The number of pyridine rings is 2. The third kappa shape index (κ3) is 3.13. The number of carbonyl (C=O) groups is 1. The zero-order chi connectivity index (χ0) is 13.7. The second kappa shape index (κ2) is 5.74. The number of hydrogen-bond acceptors (Lipinski definition) is 4. The van der Waals surface area contributed by atoms with Crippen molar-refractivity contribution < 1.29 is 4.79 Å². The van der Waals surface area contributed by atoms with Crippen LogP contribution in [0.2, 0.25) is 0 Å². The van der Waals surface area contributed by atoms with Crippen LogP contribution in [-0.4, -0.2) is 15.9 Å². The lowest BCUT2D eigenvalue weighted by Crippen LogP contribution is -2.27. The van der Waals surface area contributed by atoms with Gasteiger partial charge in [-0.3, -0.25) is 9.78 Å². The Bertz CT molecular complexity index is 602. The van der Waals surface area contributed by atoms with Gasteiger partial charge in [-0.25, -0.2) is 4.98 Å². The summed E-state index contributed by atoms with van der Waals surface area (Å²) >= 11 is 0. The molecule has 2 heterocycles. The maximum absolute atomic E-state index is 11.9. The first-order valence-corrected chi connectivity index (χ1v) is 5.78. The molecule has 1 N–H and O–H groups in total. The molecule has 0 saturated carbocycles. The number of rotatable bonds is 3. The highest BCUT2D eigenvalue weighted by Gasteiger charge is 2.12. The lowest BCUT2D eigenvalue weighted by molar-refractivity contribution is 0.0934. The van der Waals surface area contributed by atoms with Crippen LogP contribution in [0.4, 0.5) is 0 Å². The summed E-state index contributed by atoms with van der Waals surface area (Å²) in [6.07, 6.45) is 3.05. The summed E-state index contributed by atoms with van der Waals surface area (Å²) in [4.78, 5) is 20.1. The van der Waals surface area contributed by atoms with Crippen LogP contribution in [-0.2, 0) is 0 Å². The van der Waals surface area contributed by atoms with E-state index in [-0.39, 0.29) is 17.6 Å². The fourth-order valence-electron chi connectivity index (χ4n) is 1.57. The molecule has 0 aliphatic rings. The Labute approximate surface area is 110 Å². The van der Waals surface area contributed by atoms with Crippen molar-refractivity contribution in [1.29, 1.82) is 5.26 Å². The maximum atomic E-state index is 11.9. The van der Waals surface area contributed by atoms with Gasteiger partial charge in [-0.05, 0) is 31.2 Å². The normalized spacial score (nSPS) is 11.4. The van der Waals surface area contributed by atoms with Gasteiger partial charge in [0.05, 0.1) is 17.3 Å². The standard InChI is InChI=1S/C14H12N4O/c1-10(12-4-2-3-7-16-12)18-14(19)13-6-5-11(8-15)9-17-13/h2-7,9-10H,1H3,(H,18,19). The molecule has 5 nitrogen and oxygen atoms in total. The summed E-state index contributed by atoms with van der Waals surface area (Å²) in [6, 6.07) is 10.4. The van der Waals surface area contributed by atoms with Crippen LogP contribution in [0.15, 0.2) is 42.7 Å². The molecule has 0 aliphatic carbocycles. The van der Waals surface area contributed by atoms with Crippen molar-refractivity contribution >= 4 is 5.91 Å². The van der Waals surface area contributed by atoms with Crippen molar-refractivity contribution in [3.05, 3.63) is 59.7 Å². The molecule has 94 valence electrons. The Morgan fingerprint density at radius 3 is 2.74 bits per heavy atom. The van der Waals surface area contributed by atoms with E-state index in [1.807, 2.05) is 31.2 Å². The van der Waals surface area contributed by atoms with Crippen LogP contribution in [0.5, 0.6) is 0 Å². The largest absolute Gasteiger partial charge is 0.343 e. The molecule has 1 unspecified atom stereocenters. The third-order valence-corrected chi connectivity index (χ3v) is 2.60. The monoisotopic (exact) mass is 252 g/mol. The second-order valence-corrected chi connectivity index (χ2v) is 3.99. The maximum Gasteiger partial charge on any atom is 0.270 e. The summed E-state index contributed by atoms with van der Waals surface area (Å²) < 4.78 is 0. The molecule has 19 heavy (non-hydrogen) atoms. The summed E-state index contributed by atoms with van der Waals surface area (Å²) in [7, 11) is 0. The highest BCUT2D eigenvalue weighted by molar-refractivity contribution is 5.92. The lowest BCUT2D eigenvalue weighted by Gasteiger charge is -2.12. The van der Waals surface area contributed by atoms with Gasteiger partial charge < -0.3 is 5.32 Å². The van der Waals surface area contributed by atoms with E-state index in [0.29, 0.717) is 5.56 Å². The summed E-state index contributed by atoms with van der Waals surface area (Å²) in [5.41, 5.74) is 1.49. The number of aromatic nitrogens is 2. The first kappa shape index (κ1) is 12.7. The average Bonchev–Trinajstić information content (AvgIpc) is 2.48. The molecule has 0 spiro atoms. The van der Waals surface area contributed by atoms with Gasteiger partial charge in [0, 0.05) is 12.4 Å². The van der Waals surface area contributed by atoms with Crippen molar-refractivity contribution in [2.75, 3.05) is 0 Å². The van der Waals surface area contributed by atoms with Gasteiger partial charge in [-0.1, -0.05) is 6.07 Å². The summed E-state index contributed by atoms with van der Waals surface area (Å²) in [6.45, 7) is 1.85. The number of carbonyl (C=O) groups excluding carboxylic acids is 1. The molecular weight excluding hydrogens is 240 g/mol. The van der Waals surface area contributed by atoms with Crippen molar-refractivity contribution in [1.82, 2.24) is 15.3 Å². The second-order valence-electron chi connectivity index (χ2n) is 3.99. The Kier molecular flexibility index (Phi) is 3.84. The Hall–Kier alpha value is -2.74. The molecule has 1 atom stereocenters. The van der Waals surface area contributed by atoms with E-state index < -0.39 is 0 Å². The first-order chi connectivity index (χ1) is 9.20. The Morgan fingerprint density at radius 1 is 1.32 bits per heavy atom. The van der Waals surface area contributed by atoms with Gasteiger partial charge in [0.15, 0.2) is 0 Å². The van der Waals surface area contributed by atoms with Gasteiger partial charge >= 0.3 is 0 Å². The van der Waals surface area contributed by atoms with Gasteiger partial charge in [0.25, 0.3) is 5.91 Å². The minimum atomic E-state index is -0.289. The van der Waals surface area contributed by atoms with E-state index >= 15 is 0 Å². The highest BCUT2D eigenvalue weighted by atomic mass is 16.1. The highest BCUT2D eigenvalue weighted by Crippen LogP contribution is 2.09. The molecule has 2 aromatic heterocycles. The van der Waals surface area contributed by atoms with Crippen LogP contribution >= 0.6 is 0 Å². The van der Waals surface area contributed by atoms with E-state index in [1.54, 1.807) is 12.3 Å². The molecule has 0 fully saturated rings. The lowest BCUT2D eigenvalue weighted by atomic mass is 10.2. The van der Waals surface area contributed by atoms with Gasteiger partial charge in [-0.15, -0.1) is 0 Å². The zero-order valence-corrected chi connectivity index (χ0v) is 10.4. The summed E-state index contributed by atoms with van der Waals surface area (Å²) in [5.74, 6) is -0.289. The predicted octanol–water partition coefficient (Wildman–Crippen LogP) is 1.84. The number of hydrogen-bond donors (Lipinski definition) is 1. The van der Waals surface area contributed by atoms with Crippen molar-refractivity contribution in [2.24, 2.45) is 0 Å².